The summed E-state index contributed by atoms with van der Waals surface area (Å²) in [6.45, 7) is 6.30. The van der Waals surface area contributed by atoms with Crippen molar-refractivity contribution in [1.29, 1.82) is 0 Å². The lowest BCUT2D eigenvalue weighted by Gasteiger charge is -2.24. The van der Waals surface area contributed by atoms with Gasteiger partial charge in [-0.05, 0) is 64.2 Å². The summed E-state index contributed by atoms with van der Waals surface area (Å²) in [7, 11) is 0. The number of carbonyl (C=O) groups is 2. The van der Waals surface area contributed by atoms with Crippen LogP contribution in [0.15, 0.2) is 72.9 Å². The number of unbranched alkanes of at least 4 members (excludes halogenated alkanes) is 16. The molecular weight excluding hydrogens is 695 g/mol. The van der Waals surface area contributed by atoms with Gasteiger partial charge in [0.15, 0.2) is 0 Å². The molecule has 6 nitrogen and oxygen atoms in total. The van der Waals surface area contributed by atoms with E-state index in [0.29, 0.717) is 19.3 Å². The summed E-state index contributed by atoms with van der Waals surface area (Å²) in [6, 6.07) is -0.714. The topological polar surface area (TPSA) is 95.9 Å². The Bertz CT molecular complexity index is 1060. The molecule has 3 unspecified atom stereocenters. The summed E-state index contributed by atoms with van der Waals surface area (Å²) < 4.78 is 5.84. The van der Waals surface area contributed by atoms with Crippen molar-refractivity contribution in [3.63, 3.8) is 0 Å². The van der Waals surface area contributed by atoms with E-state index < -0.39 is 18.2 Å². The van der Waals surface area contributed by atoms with Gasteiger partial charge in [-0.15, -0.1) is 0 Å². The van der Waals surface area contributed by atoms with Crippen molar-refractivity contribution in [2.45, 2.75) is 225 Å². The van der Waals surface area contributed by atoms with Gasteiger partial charge in [-0.2, -0.15) is 0 Å². The highest BCUT2D eigenvalue weighted by atomic mass is 16.5. The molecule has 0 radical (unpaired) electrons. The molecule has 322 valence electrons. The molecule has 0 bridgehead atoms. The fourth-order valence-electron chi connectivity index (χ4n) is 6.57. The first kappa shape index (κ1) is 53.3. The maximum atomic E-state index is 13.1. The number of esters is 1. The summed E-state index contributed by atoms with van der Waals surface area (Å²) in [5.41, 5.74) is 0. The van der Waals surface area contributed by atoms with E-state index in [1.807, 2.05) is 6.08 Å². The molecule has 0 saturated carbocycles. The Morgan fingerprint density at radius 2 is 0.929 bits per heavy atom. The van der Waals surface area contributed by atoms with Gasteiger partial charge in [-0.1, -0.05) is 203 Å². The Kier molecular flexibility index (Phi) is 41.3. The summed E-state index contributed by atoms with van der Waals surface area (Å²) in [6.07, 6.45) is 54.1. The summed E-state index contributed by atoms with van der Waals surface area (Å²) in [5.74, 6) is -0.581. The van der Waals surface area contributed by atoms with E-state index in [1.165, 1.54) is 77.0 Å². The van der Waals surface area contributed by atoms with Crippen LogP contribution < -0.4 is 5.32 Å². The molecule has 0 aliphatic heterocycles. The quantitative estimate of drug-likeness (QED) is 0.0327. The van der Waals surface area contributed by atoms with E-state index in [1.54, 1.807) is 0 Å². The summed E-state index contributed by atoms with van der Waals surface area (Å²) >= 11 is 0. The molecule has 3 N–H and O–H groups in total. The van der Waals surface area contributed by atoms with Gasteiger partial charge in [0.1, 0.15) is 6.10 Å². The average molecular weight is 782 g/mol. The number of rotatable bonds is 40. The smallest absolute Gasteiger partial charge is 0.306 e. The maximum Gasteiger partial charge on any atom is 0.306 e. The third kappa shape index (κ3) is 38.2. The van der Waals surface area contributed by atoms with Crippen molar-refractivity contribution in [2.75, 3.05) is 6.61 Å². The molecule has 0 heterocycles. The fourth-order valence-corrected chi connectivity index (χ4v) is 6.57. The van der Waals surface area contributed by atoms with Gasteiger partial charge in [-0.25, -0.2) is 0 Å². The number of allylic oxidation sites excluding steroid dienone is 12. The van der Waals surface area contributed by atoms with Crippen molar-refractivity contribution in [3.8, 4) is 0 Å². The van der Waals surface area contributed by atoms with E-state index in [-0.39, 0.29) is 31.3 Å². The number of carbonyl (C=O) groups excluding carboxylic acids is 2. The molecule has 0 rings (SSSR count). The lowest BCUT2D eigenvalue weighted by Crippen LogP contribution is -2.46. The van der Waals surface area contributed by atoms with E-state index in [4.69, 9.17) is 4.74 Å². The number of aliphatic hydroxyl groups excluding tert-OH is 2. The monoisotopic (exact) mass is 782 g/mol. The van der Waals surface area contributed by atoms with Gasteiger partial charge < -0.3 is 20.3 Å². The second-order valence-electron chi connectivity index (χ2n) is 15.4. The molecule has 0 saturated heterocycles. The van der Waals surface area contributed by atoms with E-state index in [0.717, 1.165) is 77.0 Å². The number of aliphatic hydroxyl groups is 2. The zero-order chi connectivity index (χ0) is 41.0. The Balaban J connectivity index is 4.60. The molecule has 0 aromatic carbocycles. The second-order valence-corrected chi connectivity index (χ2v) is 15.4. The largest absolute Gasteiger partial charge is 0.462 e. The van der Waals surface area contributed by atoms with Gasteiger partial charge in [0, 0.05) is 6.42 Å². The van der Waals surface area contributed by atoms with Crippen LogP contribution in [0.5, 0.6) is 0 Å². The first-order valence-electron chi connectivity index (χ1n) is 23.2. The standard InChI is InChI=1S/C50H87NO5/c1-4-7-10-13-16-19-21-22-23-24-25-26-27-28-29-31-34-37-40-43-50(55)56-46(41-38-35-32-18-15-12-9-6-3)44-49(54)51-47(45-52)48(53)42-39-36-33-30-20-17-14-11-8-5-2/h7,10,16,19,22-23,25-26,28-29,34,37,46-48,52-53H,4-6,8-9,11-15,17-18,20-21,24,27,30-33,35-36,38-45H2,1-3H3,(H,51,54)/b10-7-,19-16-,23-22-,26-25-,29-28-,37-34-. The van der Waals surface area contributed by atoms with Crippen LogP contribution in [0.2, 0.25) is 0 Å². The van der Waals surface area contributed by atoms with Crippen molar-refractivity contribution in [3.05, 3.63) is 72.9 Å². The van der Waals surface area contributed by atoms with Crippen LogP contribution in [-0.4, -0.2) is 46.9 Å². The van der Waals surface area contributed by atoms with E-state index >= 15 is 0 Å². The second kappa shape index (κ2) is 43.4. The molecule has 0 aliphatic carbocycles. The molecule has 56 heavy (non-hydrogen) atoms. The SMILES string of the molecule is CC/C=C\C/C=C\C/C=C\C/C=C\C/C=C\C/C=C\CCC(=O)OC(CCCCCCCCCC)CC(=O)NC(CO)C(O)CCCCCCCCCCCC. The molecule has 0 aliphatic rings. The molecule has 6 heteroatoms. The van der Waals surface area contributed by atoms with Gasteiger partial charge >= 0.3 is 5.97 Å². The minimum absolute atomic E-state index is 0.0453. The molecule has 3 atom stereocenters. The van der Waals surface area contributed by atoms with Crippen LogP contribution in [0.25, 0.3) is 0 Å². The predicted molar refractivity (Wildman–Crippen MR) is 241 cm³/mol. The molecule has 1 amide bonds. The summed E-state index contributed by atoms with van der Waals surface area (Å²) in [4.78, 5) is 25.9. The Hall–Kier alpha value is -2.70. The highest BCUT2D eigenvalue weighted by Gasteiger charge is 2.24. The highest BCUT2D eigenvalue weighted by molar-refractivity contribution is 5.77. The van der Waals surface area contributed by atoms with Gasteiger partial charge in [0.2, 0.25) is 5.91 Å². The van der Waals surface area contributed by atoms with Gasteiger partial charge in [-0.3, -0.25) is 9.59 Å². The highest BCUT2D eigenvalue weighted by Crippen LogP contribution is 2.17. The number of nitrogens with one attached hydrogen (secondary N) is 1. The third-order valence-corrected chi connectivity index (χ3v) is 10.1. The van der Waals surface area contributed by atoms with Crippen LogP contribution in [0, 0.1) is 0 Å². The van der Waals surface area contributed by atoms with Crippen molar-refractivity contribution in [2.24, 2.45) is 0 Å². The summed E-state index contributed by atoms with van der Waals surface area (Å²) in [5, 5.41) is 23.5. The zero-order valence-corrected chi connectivity index (χ0v) is 36.5. The van der Waals surface area contributed by atoms with Crippen LogP contribution in [0.4, 0.5) is 0 Å². The van der Waals surface area contributed by atoms with Crippen LogP contribution in [0.1, 0.15) is 207 Å². The Morgan fingerprint density at radius 1 is 0.536 bits per heavy atom. The van der Waals surface area contributed by atoms with Crippen LogP contribution in [0.3, 0.4) is 0 Å². The minimum atomic E-state index is -0.798. The minimum Gasteiger partial charge on any atom is -0.462 e. The molecule has 0 aromatic heterocycles. The predicted octanol–water partition coefficient (Wildman–Crippen LogP) is 13.4. The Morgan fingerprint density at radius 3 is 1.36 bits per heavy atom. The fraction of sp³-hybridized carbons (Fsp3) is 0.720. The zero-order valence-electron chi connectivity index (χ0n) is 36.5. The van der Waals surface area contributed by atoms with Gasteiger partial charge in [0.05, 0.1) is 25.2 Å². The van der Waals surface area contributed by atoms with Gasteiger partial charge in [0.25, 0.3) is 0 Å². The number of amides is 1. The van der Waals surface area contributed by atoms with Crippen LogP contribution in [-0.2, 0) is 14.3 Å². The molecule has 0 fully saturated rings. The number of hydrogen-bond donors (Lipinski definition) is 3. The first-order valence-corrected chi connectivity index (χ1v) is 23.2. The first-order chi connectivity index (χ1) is 27.5. The number of ether oxygens (including phenoxy) is 1. The normalized spacial score (nSPS) is 14.0. The van der Waals surface area contributed by atoms with E-state index in [2.05, 4.69) is 92.9 Å². The lowest BCUT2D eigenvalue weighted by molar-refractivity contribution is -0.150. The van der Waals surface area contributed by atoms with Crippen molar-refractivity contribution < 1.29 is 24.5 Å². The van der Waals surface area contributed by atoms with Crippen LogP contribution >= 0.6 is 0 Å². The lowest BCUT2D eigenvalue weighted by atomic mass is 10.0. The Labute approximate surface area is 345 Å². The third-order valence-electron chi connectivity index (χ3n) is 10.1. The number of hydrogen-bond acceptors (Lipinski definition) is 5. The molecule has 0 aromatic rings. The van der Waals surface area contributed by atoms with Crippen molar-refractivity contribution >= 4 is 11.9 Å². The molecule has 0 spiro atoms. The molecular formula is C50H87NO5. The maximum absolute atomic E-state index is 13.1. The average Bonchev–Trinajstić information content (AvgIpc) is 3.19. The van der Waals surface area contributed by atoms with Crippen molar-refractivity contribution in [1.82, 2.24) is 5.32 Å². The van der Waals surface area contributed by atoms with E-state index in [9.17, 15) is 19.8 Å².